The normalized spacial score (nSPS) is 18.0. The maximum absolute atomic E-state index is 13.3. The zero-order valence-corrected chi connectivity index (χ0v) is 17.1. The molecule has 0 spiro atoms. The lowest BCUT2D eigenvalue weighted by molar-refractivity contribution is -0.138. The van der Waals surface area contributed by atoms with E-state index in [-0.39, 0.29) is 24.6 Å². The minimum absolute atomic E-state index is 0.0857. The van der Waals surface area contributed by atoms with Crippen LogP contribution in [0.2, 0.25) is 0 Å². The van der Waals surface area contributed by atoms with Crippen LogP contribution >= 0.6 is 0 Å². The van der Waals surface area contributed by atoms with E-state index < -0.39 is 17.8 Å². The van der Waals surface area contributed by atoms with Gasteiger partial charge in [0.05, 0.1) is 17.7 Å². The van der Waals surface area contributed by atoms with Crippen molar-refractivity contribution in [2.45, 2.75) is 51.1 Å². The van der Waals surface area contributed by atoms with Crippen molar-refractivity contribution in [2.24, 2.45) is 0 Å². The summed E-state index contributed by atoms with van der Waals surface area (Å²) in [5.41, 5.74) is 1.66. The number of alkyl halides is 3. The Morgan fingerprint density at radius 2 is 1.81 bits per heavy atom. The highest BCUT2D eigenvalue weighted by molar-refractivity contribution is 5.32. The van der Waals surface area contributed by atoms with E-state index in [4.69, 9.17) is 4.42 Å². The number of hydrogen-bond donors (Lipinski definition) is 1. The van der Waals surface area contributed by atoms with Gasteiger partial charge in [0.25, 0.3) is 0 Å². The summed E-state index contributed by atoms with van der Waals surface area (Å²) in [6.45, 7) is 2.66. The third-order valence-electron chi connectivity index (χ3n) is 5.64. The van der Waals surface area contributed by atoms with Gasteiger partial charge in [0.1, 0.15) is 0 Å². The number of halogens is 3. The summed E-state index contributed by atoms with van der Waals surface area (Å²) >= 11 is 0. The molecular weight excluding hydrogens is 407 g/mol. The van der Waals surface area contributed by atoms with Crippen LogP contribution in [0.4, 0.5) is 13.2 Å². The van der Waals surface area contributed by atoms with Gasteiger partial charge in [-0.1, -0.05) is 49.4 Å². The standard InChI is InChI=1S/C23H24F3N3O2/c1-2-21-27-28-22(31-21)20-12-15-7-3-4-9-17(15)13-29(20)14-18(30)11-16-8-5-6-10-19(16)23(24,25)26/h3-10,18,20,30H,2,11-14H2,1H3. The summed E-state index contributed by atoms with van der Waals surface area (Å²) in [4.78, 5) is 2.01. The quantitative estimate of drug-likeness (QED) is 0.629. The van der Waals surface area contributed by atoms with E-state index in [0.29, 0.717) is 31.2 Å². The molecule has 0 saturated heterocycles. The van der Waals surface area contributed by atoms with E-state index in [1.165, 1.54) is 12.1 Å². The van der Waals surface area contributed by atoms with E-state index in [0.717, 1.165) is 17.2 Å². The lowest BCUT2D eigenvalue weighted by Gasteiger charge is -2.36. The predicted molar refractivity (Wildman–Crippen MR) is 108 cm³/mol. The first-order valence-electron chi connectivity index (χ1n) is 10.3. The Morgan fingerprint density at radius 3 is 2.52 bits per heavy atom. The van der Waals surface area contributed by atoms with Crippen LogP contribution in [-0.4, -0.2) is 32.9 Å². The third kappa shape index (κ3) is 4.80. The molecule has 1 aliphatic heterocycles. The van der Waals surface area contributed by atoms with Crippen LogP contribution in [0, 0.1) is 0 Å². The number of hydrogen-bond acceptors (Lipinski definition) is 5. The first-order chi connectivity index (χ1) is 14.8. The maximum Gasteiger partial charge on any atom is 0.416 e. The van der Waals surface area contributed by atoms with Crippen molar-refractivity contribution in [3.05, 3.63) is 82.6 Å². The van der Waals surface area contributed by atoms with Crippen LogP contribution in [0.1, 0.15) is 47.0 Å². The van der Waals surface area contributed by atoms with Gasteiger partial charge in [-0.25, -0.2) is 0 Å². The second kappa shape index (κ2) is 8.80. The number of β-amino-alcohol motifs (C(OH)–C–C–N with tert-alkyl or cyclic N) is 1. The second-order valence-electron chi connectivity index (χ2n) is 7.82. The summed E-state index contributed by atoms with van der Waals surface area (Å²) < 4.78 is 45.8. The Morgan fingerprint density at radius 1 is 1.10 bits per heavy atom. The molecule has 1 N–H and O–H groups in total. The molecule has 4 rings (SSSR count). The fourth-order valence-electron chi connectivity index (χ4n) is 4.12. The maximum atomic E-state index is 13.3. The molecule has 0 amide bonds. The Hall–Kier alpha value is -2.71. The lowest BCUT2D eigenvalue weighted by atomic mass is 9.93. The molecule has 0 radical (unpaired) electrons. The molecule has 0 bridgehead atoms. The smallest absolute Gasteiger partial charge is 0.416 e. The summed E-state index contributed by atoms with van der Waals surface area (Å²) in [5, 5.41) is 19.0. The van der Waals surface area contributed by atoms with Crippen molar-refractivity contribution in [1.82, 2.24) is 15.1 Å². The molecule has 2 unspecified atom stereocenters. The number of aryl methyl sites for hydroxylation is 1. The largest absolute Gasteiger partial charge is 0.424 e. The number of aliphatic hydroxyl groups is 1. The summed E-state index contributed by atoms with van der Waals surface area (Å²) in [5.74, 6) is 1.00. The molecule has 2 heterocycles. The SMILES string of the molecule is CCc1nnc(C2Cc3ccccc3CN2CC(O)Cc2ccccc2C(F)(F)F)o1. The number of benzene rings is 2. The topological polar surface area (TPSA) is 62.4 Å². The van der Waals surface area contributed by atoms with Crippen LogP contribution in [0.3, 0.4) is 0 Å². The average Bonchev–Trinajstić information content (AvgIpc) is 3.22. The highest BCUT2D eigenvalue weighted by Gasteiger charge is 2.35. The average molecular weight is 431 g/mol. The predicted octanol–water partition coefficient (Wildman–Crippen LogP) is 4.35. The number of fused-ring (bicyclic) bond motifs is 1. The van der Waals surface area contributed by atoms with Gasteiger partial charge in [-0.3, -0.25) is 4.90 Å². The number of nitrogens with zero attached hydrogens (tertiary/aromatic N) is 3. The molecule has 5 nitrogen and oxygen atoms in total. The molecule has 1 aliphatic rings. The third-order valence-corrected chi connectivity index (χ3v) is 5.64. The Kier molecular flexibility index (Phi) is 6.11. The minimum Gasteiger partial charge on any atom is -0.424 e. The van der Waals surface area contributed by atoms with Gasteiger partial charge in [-0.2, -0.15) is 13.2 Å². The number of aromatic nitrogens is 2. The molecule has 1 aromatic heterocycles. The Bertz CT molecular complexity index is 1030. The molecule has 0 aliphatic carbocycles. The van der Waals surface area contributed by atoms with E-state index in [1.807, 2.05) is 36.1 Å². The van der Waals surface area contributed by atoms with Gasteiger partial charge in [0, 0.05) is 25.9 Å². The molecule has 0 fully saturated rings. The molecular formula is C23H24F3N3O2. The van der Waals surface area contributed by atoms with Crippen molar-refractivity contribution >= 4 is 0 Å². The van der Waals surface area contributed by atoms with Crippen LogP contribution in [0.25, 0.3) is 0 Å². The van der Waals surface area contributed by atoms with Gasteiger partial charge >= 0.3 is 6.18 Å². The number of aliphatic hydroxyl groups excluding tert-OH is 1. The van der Waals surface area contributed by atoms with Crippen LogP contribution in [-0.2, 0) is 32.0 Å². The highest BCUT2D eigenvalue weighted by atomic mass is 19.4. The summed E-state index contributed by atoms with van der Waals surface area (Å²) in [6, 6.07) is 13.1. The van der Waals surface area contributed by atoms with Crippen LogP contribution in [0.15, 0.2) is 52.9 Å². The van der Waals surface area contributed by atoms with Crippen molar-refractivity contribution < 1.29 is 22.7 Å². The fraction of sp³-hybridized carbons (Fsp3) is 0.391. The Balaban J connectivity index is 1.56. The van der Waals surface area contributed by atoms with Crippen molar-refractivity contribution in [3.63, 3.8) is 0 Å². The number of rotatable bonds is 6. The first-order valence-corrected chi connectivity index (χ1v) is 10.3. The zero-order chi connectivity index (χ0) is 22.0. The molecule has 2 aromatic carbocycles. The summed E-state index contributed by atoms with van der Waals surface area (Å²) in [7, 11) is 0. The van der Waals surface area contributed by atoms with E-state index in [1.54, 1.807) is 6.07 Å². The second-order valence-corrected chi connectivity index (χ2v) is 7.82. The molecule has 3 aromatic rings. The highest BCUT2D eigenvalue weighted by Crippen LogP contribution is 2.34. The molecule has 31 heavy (non-hydrogen) atoms. The fourth-order valence-corrected chi connectivity index (χ4v) is 4.12. The van der Waals surface area contributed by atoms with Gasteiger partial charge in [0.2, 0.25) is 11.8 Å². The van der Waals surface area contributed by atoms with Crippen molar-refractivity contribution in [3.8, 4) is 0 Å². The van der Waals surface area contributed by atoms with Gasteiger partial charge in [-0.05, 0) is 29.2 Å². The minimum atomic E-state index is -4.46. The van der Waals surface area contributed by atoms with E-state index in [2.05, 4.69) is 10.2 Å². The van der Waals surface area contributed by atoms with Gasteiger partial charge in [0.15, 0.2) is 0 Å². The Labute approximate surface area is 178 Å². The summed E-state index contributed by atoms with van der Waals surface area (Å²) in [6.07, 6.45) is -4.28. The van der Waals surface area contributed by atoms with Gasteiger partial charge < -0.3 is 9.52 Å². The van der Waals surface area contributed by atoms with Gasteiger partial charge in [-0.15, -0.1) is 10.2 Å². The first kappa shape index (κ1) is 21.5. The monoisotopic (exact) mass is 431 g/mol. The van der Waals surface area contributed by atoms with Crippen LogP contribution < -0.4 is 0 Å². The van der Waals surface area contributed by atoms with E-state index >= 15 is 0 Å². The van der Waals surface area contributed by atoms with Crippen molar-refractivity contribution in [2.75, 3.05) is 6.54 Å². The molecule has 164 valence electrons. The van der Waals surface area contributed by atoms with Crippen molar-refractivity contribution in [1.29, 1.82) is 0 Å². The molecule has 8 heteroatoms. The zero-order valence-electron chi connectivity index (χ0n) is 17.1. The molecule has 0 saturated carbocycles. The molecule has 2 atom stereocenters. The van der Waals surface area contributed by atoms with E-state index in [9.17, 15) is 18.3 Å². The lowest BCUT2D eigenvalue weighted by Crippen LogP contribution is -2.40. The van der Waals surface area contributed by atoms with Crippen LogP contribution in [0.5, 0.6) is 0 Å².